The Kier molecular flexibility index (Phi) is 2.45. The maximum Gasteiger partial charge on any atom is 0.410 e. The summed E-state index contributed by atoms with van der Waals surface area (Å²) in [6, 6.07) is 2.76. The van der Waals surface area contributed by atoms with Crippen LogP contribution in [0.5, 0.6) is 0 Å². The molecule has 0 aromatic carbocycles. The van der Waals surface area contributed by atoms with Crippen molar-refractivity contribution in [1.29, 1.82) is 0 Å². The van der Waals surface area contributed by atoms with Crippen LogP contribution in [0.15, 0.2) is 22.8 Å². The normalized spacial score (nSPS) is 20.7. The van der Waals surface area contributed by atoms with Crippen molar-refractivity contribution in [2.75, 3.05) is 13.7 Å². The molecule has 0 N–H and O–H groups in total. The molecule has 1 aliphatic rings. The first-order valence-corrected chi connectivity index (χ1v) is 4.64. The summed E-state index contributed by atoms with van der Waals surface area (Å²) in [5.41, 5.74) is 0. The minimum atomic E-state index is -0.618. The lowest BCUT2D eigenvalue weighted by Gasteiger charge is -2.19. The molecule has 1 amide bonds. The van der Waals surface area contributed by atoms with Crippen LogP contribution < -0.4 is 0 Å². The minimum Gasteiger partial charge on any atom is -0.467 e. The predicted molar refractivity (Wildman–Crippen MR) is 50.2 cm³/mol. The molecule has 1 fully saturated rings. The van der Waals surface area contributed by atoms with Gasteiger partial charge < -0.3 is 9.15 Å². The highest BCUT2D eigenvalue weighted by atomic mass is 16.5. The number of ketones is 1. The van der Waals surface area contributed by atoms with Crippen LogP contribution in [0.4, 0.5) is 4.79 Å². The smallest absolute Gasteiger partial charge is 0.410 e. The van der Waals surface area contributed by atoms with Crippen molar-refractivity contribution in [3.05, 3.63) is 24.2 Å². The molecule has 0 aliphatic carbocycles. The van der Waals surface area contributed by atoms with Crippen molar-refractivity contribution in [1.82, 2.24) is 4.90 Å². The molecule has 1 atom stereocenters. The Morgan fingerprint density at radius 3 is 3.07 bits per heavy atom. The van der Waals surface area contributed by atoms with Crippen LogP contribution >= 0.6 is 0 Å². The number of Topliss-reactive ketones (excluding diaryl/α,β-unsaturated/α-hetero) is 1. The second kappa shape index (κ2) is 3.76. The number of nitrogens with zero attached hydrogens (tertiary/aromatic N) is 1. The fourth-order valence-electron chi connectivity index (χ4n) is 1.74. The van der Waals surface area contributed by atoms with Gasteiger partial charge in [-0.25, -0.2) is 4.79 Å². The number of carbonyl (C=O) groups is 2. The van der Waals surface area contributed by atoms with Crippen molar-refractivity contribution in [3.63, 3.8) is 0 Å². The van der Waals surface area contributed by atoms with Crippen molar-refractivity contribution in [2.45, 2.75) is 12.5 Å². The zero-order valence-corrected chi connectivity index (χ0v) is 8.30. The Hall–Kier alpha value is -1.78. The zero-order valence-electron chi connectivity index (χ0n) is 8.30. The molecule has 1 unspecified atom stereocenters. The zero-order chi connectivity index (χ0) is 10.8. The Morgan fingerprint density at radius 2 is 2.47 bits per heavy atom. The lowest BCUT2D eigenvalue weighted by molar-refractivity contribution is -0.120. The van der Waals surface area contributed by atoms with Crippen molar-refractivity contribution < 1.29 is 18.7 Å². The standard InChI is InChI=1S/C10H11NO4/c1-14-10(13)11-5-4-7(12)9(11)8-3-2-6-15-8/h2-3,6,9H,4-5H2,1H3. The molecule has 2 rings (SSSR count). The third-order valence-electron chi connectivity index (χ3n) is 2.44. The third-order valence-corrected chi connectivity index (χ3v) is 2.44. The molecule has 5 heteroatoms. The lowest BCUT2D eigenvalue weighted by Crippen LogP contribution is -2.31. The minimum absolute atomic E-state index is 0.0182. The van der Waals surface area contributed by atoms with E-state index in [2.05, 4.69) is 4.74 Å². The Labute approximate surface area is 86.6 Å². The number of amides is 1. The molecular weight excluding hydrogens is 198 g/mol. The average molecular weight is 209 g/mol. The molecule has 0 bridgehead atoms. The lowest BCUT2D eigenvalue weighted by atomic mass is 10.1. The molecule has 15 heavy (non-hydrogen) atoms. The monoisotopic (exact) mass is 209 g/mol. The molecule has 1 aliphatic heterocycles. The fourth-order valence-corrected chi connectivity index (χ4v) is 1.74. The Bertz CT molecular complexity index is 371. The van der Waals surface area contributed by atoms with Crippen LogP contribution in [0.25, 0.3) is 0 Å². The van der Waals surface area contributed by atoms with E-state index in [1.54, 1.807) is 12.1 Å². The van der Waals surface area contributed by atoms with E-state index in [1.807, 2.05) is 0 Å². The summed E-state index contributed by atoms with van der Waals surface area (Å²) < 4.78 is 9.75. The molecule has 5 nitrogen and oxygen atoms in total. The van der Waals surface area contributed by atoms with Gasteiger partial charge >= 0.3 is 6.09 Å². The van der Waals surface area contributed by atoms with Crippen LogP contribution in [0.3, 0.4) is 0 Å². The predicted octanol–water partition coefficient (Wildman–Crippen LogP) is 1.36. The summed E-state index contributed by atoms with van der Waals surface area (Å²) in [5, 5.41) is 0. The van der Waals surface area contributed by atoms with E-state index in [-0.39, 0.29) is 5.78 Å². The number of furan rings is 1. The number of hydrogen-bond acceptors (Lipinski definition) is 4. The SMILES string of the molecule is COC(=O)N1CCC(=O)C1c1ccco1. The van der Waals surface area contributed by atoms with Gasteiger partial charge in [-0.05, 0) is 12.1 Å². The number of hydrogen-bond donors (Lipinski definition) is 0. The highest BCUT2D eigenvalue weighted by Crippen LogP contribution is 2.29. The van der Waals surface area contributed by atoms with E-state index in [1.165, 1.54) is 18.3 Å². The maximum absolute atomic E-state index is 11.6. The molecule has 0 radical (unpaired) electrons. The molecule has 0 saturated carbocycles. The first-order valence-electron chi connectivity index (χ1n) is 4.64. The summed E-state index contributed by atoms with van der Waals surface area (Å²) in [7, 11) is 1.30. The summed E-state index contributed by atoms with van der Waals surface area (Å²) in [6.07, 6.45) is 1.33. The quantitative estimate of drug-likeness (QED) is 0.700. The largest absolute Gasteiger partial charge is 0.467 e. The van der Waals surface area contributed by atoms with Gasteiger partial charge in [0.05, 0.1) is 13.4 Å². The van der Waals surface area contributed by atoms with E-state index >= 15 is 0 Å². The van der Waals surface area contributed by atoms with E-state index in [0.717, 1.165) is 0 Å². The molecule has 0 spiro atoms. The highest BCUT2D eigenvalue weighted by Gasteiger charge is 2.39. The molecule has 1 saturated heterocycles. The van der Waals surface area contributed by atoms with Crippen LogP contribution in [0.2, 0.25) is 0 Å². The van der Waals surface area contributed by atoms with Gasteiger partial charge in [-0.1, -0.05) is 0 Å². The summed E-state index contributed by atoms with van der Waals surface area (Å²) in [4.78, 5) is 24.3. The first-order chi connectivity index (χ1) is 7.24. The molecule has 80 valence electrons. The van der Waals surface area contributed by atoms with Crippen LogP contribution in [0, 0.1) is 0 Å². The van der Waals surface area contributed by atoms with Gasteiger partial charge in [0, 0.05) is 13.0 Å². The molecular formula is C10H11NO4. The number of methoxy groups -OCH3 is 1. The average Bonchev–Trinajstić information content (AvgIpc) is 2.85. The van der Waals surface area contributed by atoms with Gasteiger partial charge in [0.2, 0.25) is 0 Å². The van der Waals surface area contributed by atoms with Gasteiger partial charge in [0.1, 0.15) is 5.76 Å². The summed E-state index contributed by atoms with van der Waals surface area (Å²) in [5.74, 6) is 0.471. The van der Waals surface area contributed by atoms with Gasteiger partial charge in [0.25, 0.3) is 0 Å². The number of rotatable bonds is 1. The van der Waals surface area contributed by atoms with Gasteiger partial charge in [-0.15, -0.1) is 0 Å². The first kappa shape index (κ1) is 9.76. The Morgan fingerprint density at radius 1 is 1.67 bits per heavy atom. The maximum atomic E-state index is 11.6. The van der Waals surface area contributed by atoms with E-state index in [0.29, 0.717) is 18.7 Å². The number of likely N-dealkylation sites (tertiary alicyclic amines) is 1. The van der Waals surface area contributed by atoms with Crippen LogP contribution in [0.1, 0.15) is 18.2 Å². The highest BCUT2D eigenvalue weighted by molar-refractivity contribution is 5.91. The third kappa shape index (κ3) is 1.60. The molecule has 1 aromatic heterocycles. The molecule has 1 aromatic rings. The van der Waals surface area contributed by atoms with Crippen molar-refractivity contribution >= 4 is 11.9 Å². The second-order valence-corrected chi connectivity index (χ2v) is 3.30. The summed E-state index contributed by atoms with van der Waals surface area (Å²) in [6.45, 7) is 0.386. The van der Waals surface area contributed by atoms with E-state index in [9.17, 15) is 9.59 Å². The van der Waals surface area contributed by atoms with Crippen molar-refractivity contribution in [2.24, 2.45) is 0 Å². The van der Waals surface area contributed by atoms with E-state index in [4.69, 9.17) is 4.42 Å². The van der Waals surface area contributed by atoms with Crippen molar-refractivity contribution in [3.8, 4) is 0 Å². The summed E-state index contributed by atoms with van der Waals surface area (Å²) >= 11 is 0. The Balaban J connectivity index is 2.27. The van der Waals surface area contributed by atoms with Crippen LogP contribution in [-0.4, -0.2) is 30.4 Å². The topological polar surface area (TPSA) is 59.8 Å². The number of ether oxygens (including phenoxy) is 1. The second-order valence-electron chi connectivity index (χ2n) is 3.30. The number of carbonyl (C=O) groups excluding carboxylic acids is 2. The van der Waals surface area contributed by atoms with Gasteiger partial charge in [-0.2, -0.15) is 0 Å². The fraction of sp³-hybridized carbons (Fsp3) is 0.400. The van der Waals surface area contributed by atoms with Crippen LogP contribution in [-0.2, 0) is 9.53 Å². The van der Waals surface area contributed by atoms with Gasteiger partial charge in [-0.3, -0.25) is 9.69 Å². The molecule has 2 heterocycles. The van der Waals surface area contributed by atoms with Gasteiger partial charge in [0.15, 0.2) is 11.8 Å². The van der Waals surface area contributed by atoms with E-state index < -0.39 is 12.1 Å².